The monoisotopic (exact) mass is 583 g/mol. The number of imidazole rings is 1. The predicted molar refractivity (Wildman–Crippen MR) is 141 cm³/mol. The highest BCUT2D eigenvalue weighted by atomic mass is 35.5. The van der Waals surface area contributed by atoms with E-state index in [2.05, 4.69) is 15.0 Å². The van der Waals surface area contributed by atoms with Crippen LogP contribution in [0.3, 0.4) is 0 Å². The van der Waals surface area contributed by atoms with Crippen molar-refractivity contribution in [2.45, 2.75) is 37.8 Å². The molecular formula is C24H21Cl4N5O4. The van der Waals surface area contributed by atoms with Crippen LogP contribution in [-0.2, 0) is 27.4 Å². The summed E-state index contributed by atoms with van der Waals surface area (Å²) in [5.41, 5.74) is 8.22. The summed E-state index contributed by atoms with van der Waals surface area (Å²) in [6.07, 6.45) is -0.551. The molecule has 194 valence electrons. The van der Waals surface area contributed by atoms with Gasteiger partial charge in [-0.3, -0.25) is 4.57 Å². The van der Waals surface area contributed by atoms with Crippen molar-refractivity contribution in [2.75, 3.05) is 12.3 Å². The van der Waals surface area contributed by atoms with Gasteiger partial charge in [0.15, 0.2) is 17.7 Å². The lowest BCUT2D eigenvalue weighted by atomic mass is 10.1. The lowest BCUT2D eigenvalue weighted by Crippen LogP contribution is -2.36. The molecule has 4 aromatic rings. The summed E-state index contributed by atoms with van der Waals surface area (Å²) in [5, 5.41) is 13.3. The molecule has 4 atom stereocenters. The van der Waals surface area contributed by atoms with Crippen molar-refractivity contribution in [2.24, 2.45) is 0 Å². The van der Waals surface area contributed by atoms with E-state index >= 15 is 0 Å². The van der Waals surface area contributed by atoms with Gasteiger partial charge in [0.1, 0.15) is 30.2 Å². The Kier molecular flexibility index (Phi) is 8.04. The molecular weight excluding hydrogens is 564 g/mol. The fraction of sp³-hybridized carbons (Fsp3) is 0.292. The van der Waals surface area contributed by atoms with Gasteiger partial charge in [0.2, 0.25) is 0 Å². The van der Waals surface area contributed by atoms with Gasteiger partial charge in [0, 0.05) is 20.1 Å². The third kappa shape index (κ3) is 5.64. The van der Waals surface area contributed by atoms with E-state index in [-0.39, 0.29) is 25.6 Å². The summed E-state index contributed by atoms with van der Waals surface area (Å²) in [6, 6.07) is 10.3. The second-order valence-corrected chi connectivity index (χ2v) is 10.1. The number of aliphatic hydroxyl groups excluding tert-OH is 1. The Hall–Kier alpha value is -2.21. The molecule has 2 aromatic heterocycles. The Balaban J connectivity index is 1.36. The van der Waals surface area contributed by atoms with Gasteiger partial charge >= 0.3 is 0 Å². The second kappa shape index (κ2) is 11.3. The smallest absolute Gasteiger partial charge is 0.167 e. The quantitative estimate of drug-likeness (QED) is 0.294. The van der Waals surface area contributed by atoms with Gasteiger partial charge in [0.05, 0.1) is 26.1 Å². The zero-order chi connectivity index (χ0) is 26.1. The zero-order valence-corrected chi connectivity index (χ0v) is 22.1. The molecule has 0 amide bonds. The van der Waals surface area contributed by atoms with E-state index in [1.54, 1.807) is 41.0 Å². The molecule has 0 spiro atoms. The number of ether oxygens (including phenoxy) is 3. The Bertz CT molecular complexity index is 1420. The third-order valence-electron chi connectivity index (χ3n) is 5.97. The number of aromatic nitrogens is 4. The number of fused-ring (bicyclic) bond motifs is 1. The second-order valence-electron chi connectivity index (χ2n) is 8.40. The summed E-state index contributed by atoms with van der Waals surface area (Å²) in [4.78, 5) is 12.5. The van der Waals surface area contributed by atoms with Gasteiger partial charge in [0.25, 0.3) is 0 Å². The van der Waals surface area contributed by atoms with Gasteiger partial charge in [-0.25, -0.2) is 15.0 Å². The van der Waals surface area contributed by atoms with Gasteiger partial charge in [-0.05, 0) is 35.4 Å². The molecule has 1 aliphatic rings. The number of hydrogen-bond donors (Lipinski definition) is 2. The third-order valence-corrected chi connectivity index (χ3v) is 7.15. The molecule has 2 aromatic carbocycles. The average Bonchev–Trinajstić information content (AvgIpc) is 3.42. The molecule has 5 rings (SSSR count). The van der Waals surface area contributed by atoms with Crippen LogP contribution in [0.1, 0.15) is 17.4 Å². The van der Waals surface area contributed by atoms with Crippen LogP contribution in [0.4, 0.5) is 5.82 Å². The number of nitrogen functional groups attached to an aromatic ring is 1. The van der Waals surface area contributed by atoms with Crippen molar-refractivity contribution in [1.29, 1.82) is 0 Å². The predicted octanol–water partition coefficient (Wildman–Crippen LogP) is 5.08. The first-order chi connectivity index (χ1) is 17.8. The summed E-state index contributed by atoms with van der Waals surface area (Å²) >= 11 is 24.6. The fourth-order valence-corrected chi connectivity index (χ4v) is 5.02. The van der Waals surface area contributed by atoms with E-state index < -0.39 is 24.5 Å². The minimum atomic E-state index is -1.09. The standard InChI is InChI=1S/C24H21Cl4N5O4/c25-14-3-1-12(16(27)5-14)7-35-9-18-21(36-8-13-2-4-15(26)6-17(13)28)20(34)24(37-18)33-11-32-19-22(29)30-10-31-23(19)33/h1-6,10-11,18,20-21,24,34H,7-9H2,(H2,29,30,31)/t18-,20+,21?,24-/m1/s1. The van der Waals surface area contributed by atoms with Gasteiger partial charge < -0.3 is 25.1 Å². The number of nitrogens with zero attached hydrogens (tertiary/aromatic N) is 4. The van der Waals surface area contributed by atoms with E-state index in [0.717, 1.165) is 5.56 Å². The van der Waals surface area contributed by atoms with Crippen LogP contribution in [0, 0.1) is 0 Å². The van der Waals surface area contributed by atoms with Crippen molar-refractivity contribution >= 4 is 63.4 Å². The zero-order valence-electron chi connectivity index (χ0n) is 19.1. The molecule has 0 bridgehead atoms. The van der Waals surface area contributed by atoms with Crippen LogP contribution in [0.25, 0.3) is 11.2 Å². The van der Waals surface area contributed by atoms with Crippen molar-refractivity contribution in [3.8, 4) is 0 Å². The van der Waals surface area contributed by atoms with Gasteiger partial charge in [-0.15, -0.1) is 0 Å². The van der Waals surface area contributed by atoms with E-state index in [4.69, 9.17) is 66.3 Å². The average molecular weight is 585 g/mol. The SMILES string of the molecule is Nc1ncnc2c1ncn2[C@@H]1O[C@H](COCc2ccc(Cl)cc2Cl)C(OCc2ccc(Cl)cc2Cl)[C@@H]1O. The van der Waals surface area contributed by atoms with Crippen molar-refractivity contribution in [3.63, 3.8) is 0 Å². The number of rotatable bonds is 8. The first kappa shape index (κ1) is 26.4. The number of aliphatic hydroxyl groups is 1. The molecule has 1 saturated heterocycles. The summed E-state index contributed by atoms with van der Waals surface area (Å²) in [6.45, 7) is 0.437. The molecule has 1 aliphatic heterocycles. The molecule has 3 heterocycles. The first-order valence-corrected chi connectivity index (χ1v) is 12.7. The fourth-order valence-electron chi connectivity index (χ4n) is 4.09. The maximum Gasteiger partial charge on any atom is 0.167 e. The maximum atomic E-state index is 11.3. The lowest BCUT2D eigenvalue weighted by Gasteiger charge is -2.21. The summed E-state index contributed by atoms with van der Waals surface area (Å²) in [7, 11) is 0. The number of anilines is 1. The molecule has 0 saturated carbocycles. The highest BCUT2D eigenvalue weighted by molar-refractivity contribution is 6.35. The lowest BCUT2D eigenvalue weighted by molar-refractivity contribution is -0.0822. The van der Waals surface area contributed by atoms with E-state index in [9.17, 15) is 5.11 Å². The number of halogens is 4. The van der Waals surface area contributed by atoms with Crippen LogP contribution in [-0.4, -0.2) is 49.5 Å². The topological polar surface area (TPSA) is 118 Å². The highest BCUT2D eigenvalue weighted by Gasteiger charge is 2.46. The van der Waals surface area contributed by atoms with Crippen LogP contribution in [0.5, 0.6) is 0 Å². The molecule has 3 N–H and O–H groups in total. The number of benzene rings is 2. The minimum absolute atomic E-state index is 0.106. The van der Waals surface area contributed by atoms with Crippen molar-refractivity contribution < 1.29 is 19.3 Å². The molecule has 1 fully saturated rings. The van der Waals surface area contributed by atoms with Crippen molar-refractivity contribution in [1.82, 2.24) is 19.5 Å². The van der Waals surface area contributed by atoms with Crippen LogP contribution in [0.15, 0.2) is 49.1 Å². The normalized spacial score (nSPS) is 21.6. The Morgan fingerprint density at radius 2 is 1.62 bits per heavy atom. The van der Waals surface area contributed by atoms with Crippen LogP contribution >= 0.6 is 46.4 Å². The van der Waals surface area contributed by atoms with Crippen LogP contribution in [0.2, 0.25) is 20.1 Å². The summed E-state index contributed by atoms with van der Waals surface area (Å²) in [5.74, 6) is 0.223. The molecule has 0 aliphatic carbocycles. The molecule has 37 heavy (non-hydrogen) atoms. The molecule has 9 nitrogen and oxygen atoms in total. The first-order valence-electron chi connectivity index (χ1n) is 11.2. The van der Waals surface area contributed by atoms with E-state index in [0.29, 0.717) is 36.8 Å². The van der Waals surface area contributed by atoms with E-state index in [1.165, 1.54) is 12.7 Å². The summed E-state index contributed by atoms with van der Waals surface area (Å²) < 4.78 is 19.8. The molecule has 0 radical (unpaired) electrons. The Morgan fingerprint density at radius 3 is 2.30 bits per heavy atom. The molecule has 1 unspecified atom stereocenters. The van der Waals surface area contributed by atoms with Gasteiger partial charge in [-0.2, -0.15) is 0 Å². The largest absolute Gasteiger partial charge is 0.386 e. The number of nitrogens with two attached hydrogens (primary N) is 1. The maximum absolute atomic E-state index is 11.3. The Labute approximate surface area is 232 Å². The minimum Gasteiger partial charge on any atom is -0.386 e. The van der Waals surface area contributed by atoms with Crippen LogP contribution < -0.4 is 5.73 Å². The Morgan fingerprint density at radius 1 is 0.946 bits per heavy atom. The van der Waals surface area contributed by atoms with E-state index in [1.807, 2.05) is 0 Å². The number of hydrogen-bond acceptors (Lipinski definition) is 8. The molecule has 13 heteroatoms. The highest BCUT2D eigenvalue weighted by Crippen LogP contribution is 2.35. The van der Waals surface area contributed by atoms with Crippen molar-refractivity contribution in [3.05, 3.63) is 80.3 Å². The van der Waals surface area contributed by atoms with Gasteiger partial charge in [-0.1, -0.05) is 58.5 Å².